The molecule has 2 N–H and O–H groups in total. The molecule has 1 aliphatic heterocycles. The average Bonchev–Trinajstić information content (AvgIpc) is 3.68. The molecule has 34 heavy (non-hydrogen) atoms. The summed E-state index contributed by atoms with van der Waals surface area (Å²) in [7, 11) is 1.64. The molecule has 2 heterocycles. The van der Waals surface area contributed by atoms with Crippen LogP contribution in [0.1, 0.15) is 54.0 Å². The molecule has 7 heteroatoms. The van der Waals surface area contributed by atoms with Crippen LogP contribution in [-0.4, -0.2) is 28.8 Å². The van der Waals surface area contributed by atoms with E-state index in [2.05, 4.69) is 23.2 Å². The third kappa shape index (κ3) is 3.82. The molecule has 170 valence electrons. The lowest BCUT2D eigenvalue weighted by atomic mass is 9.76. The number of nitriles is 1. The van der Waals surface area contributed by atoms with Gasteiger partial charge in [0.05, 0.1) is 23.2 Å². The summed E-state index contributed by atoms with van der Waals surface area (Å²) < 4.78 is 0. The minimum atomic E-state index is -1.01. The number of amides is 1. The minimum Gasteiger partial charge on any atom is -0.369 e. The number of pyridine rings is 1. The lowest BCUT2D eigenvalue weighted by Crippen LogP contribution is -2.52. The predicted octanol–water partition coefficient (Wildman–Crippen LogP) is 4.94. The molecule has 0 bridgehead atoms. The normalized spacial score (nSPS) is 22.3. The summed E-state index contributed by atoms with van der Waals surface area (Å²) in [5.41, 5.74) is 10.0. The molecule has 1 unspecified atom stereocenters. The van der Waals surface area contributed by atoms with Gasteiger partial charge in [-0.3, -0.25) is 14.7 Å². The lowest BCUT2D eigenvalue weighted by molar-refractivity contribution is -0.130. The van der Waals surface area contributed by atoms with Crippen LogP contribution in [0.3, 0.4) is 0 Å². The molecule has 1 saturated carbocycles. The van der Waals surface area contributed by atoms with Crippen molar-refractivity contribution >= 4 is 23.5 Å². The van der Waals surface area contributed by atoms with Crippen molar-refractivity contribution in [3.05, 3.63) is 88.2 Å². The highest BCUT2D eigenvalue weighted by atomic mass is 35.5. The number of rotatable bonds is 4. The monoisotopic (exact) mass is 469 g/mol. The Bertz CT molecular complexity index is 1360. The van der Waals surface area contributed by atoms with Gasteiger partial charge in [0.15, 0.2) is 5.96 Å². The fraction of sp³-hybridized carbons (Fsp3) is 0.259. The second kappa shape index (κ2) is 8.27. The second-order valence-electron chi connectivity index (χ2n) is 9.16. The van der Waals surface area contributed by atoms with Crippen molar-refractivity contribution in [3.63, 3.8) is 0 Å². The van der Waals surface area contributed by atoms with Crippen LogP contribution in [0.25, 0.3) is 11.1 Å². The van der Waals surface area contributed by atoms with Gasteiger partial charge in [0.1, 0.15) is 5.54 Å². The van der Waals surface area contributed by atoms with Crippen LogP contribution in [0.4, 0.5) is 0 Å². The van der Waals surface area contributed by atoms with Gasteiger partial charge in [-0.15, -0.1) is 0 Å². The summed E-state index contributed by atoms with van der Waals surface area (Å²) in [6.07, 6.45) is 4.12. The third-order valence-corrected chi connectivity index (χ3v) is 7.01. The summed E-state index contributed by atoms with van der Waals surface area (Å²) in [6, 6.07) is 19.4. The maximum absolute atomic E-state index is 13.5. The molecule has 6 nitrogen and oxygen atoms in total. The Morgan fingerprint density at radius 2 is 1.79 bits per heavy atom. The number of hydrogen-bond donors (Lipinski definition) is 1. The molecule has 2 aliphatic rings. The van der Waals surface area contributed by atoms with Gasteiger partial charge < -0.3 is 5.73 Å². The number of nitrogens with two attached hydrogens (primary N) is 1. The van der Waals surface area contributed by atoms with Gasteiger partial charge in [-0.2, -0.15) is 5.26 Å². The number of aromatic nitrogens is 1. The minimum absolute atomic E-state index is 0.129. The summed E-state index contributed by atoms with van der Waals surface area (Å²) in [4.78, 5) is 24.3. The SMILES string of the molecule is CN1C(=O)C(c2ccc(C3CC3)cc2)[C@@](C)(c2cc(-c3cc(Cl)cc(C#N)c3)ccn2)N=C1N. The van der Waals surface area contributed by atoms with Crippen molar-refractivity contribution in [3.8, 4) is 17.2 Å². The molecule has 0 spiro atoms. The molecule has 1 amide bonds. The highest BCUT2D eigenvalue weighted by Gasteiger charge is 2.48. The first kappa shape index (κ1) is 22.1. The maximum atomic E-state index is 13.5. The van der Waals surface area contributed by atoms with Crippen molar-refractivity contribution in [1.82, 2.24) is 9.88 Å². The summed E-state index contributed by atoms with van der Waals surface area (Å²) in [5.74, 6) is 0.0685. The first-order chi connectivity index (χ1) is 16.3. The number of likely N-dealkylation sites (N-methyl/N-ethyl adjacent to an activating group) is 1. The van der Waals surface area contributed by atoms with E-state index in [1.54, 1.807) is 31.4 Å². The van der Waals surface area contributed by atoms with E-state index in [1.807, 2.05) is 31.2 Å². The Hall–Kier alpha value is -3.69. The van der Waals surface area contributed by atoms with Gasteiger partial charge in [-0.1, -0.05) is 35.9 Å². The summed E-state index contributed by atoms with van der Waals surface area (Å²) >= 11 is 6.24. The standard InChI is InChI=1S/C27H24ClN5O/c1-27(23-14-20(9-10-31-23)21-11-16(15-29)12-22(28)13-21)24(25(34)33(2)26(30)32-27)19-7-5-18(6-8-19)17-3-4-17/h5-14,17,24H,3-4H2,1-2H3,(H2,30,32)/t24?,27-/m1/s1. The van der Waals surface area contributed by atoms with E-state index in [1.165, 1.54) is 23.3 Å². The highest BCUT2D eigenvalue weighted by Crippen LogP contribution is 2.45. The van der Waals surface area contributed by atoms with Crippen LogP contribution >= 0.6 is 11.6 Å². The topological polar surface area (TPSA) is 95.4 Å². The van der Waals surface area contributed by atoms with Crippen LogP contribution < -0.4 is 5.73 Å². The smallest absolute Gasteiger partial charge is 0.239 e. The van der Waals surface area contributed by atoms with E-state index in [9.17, 15) is 10.1 Å². The number of nitrogens with zero attached hydrogens (tertiary/aromatic N) is 4. The molecule has 2 atom stereocenters. The number of benzene rings is 2. The van der Waals surface area contributed by atoms with Gasteiger partial charge in [0.2, 0.25) is 5.91 Å². The van der Waals surface area contributed by atoms with Crippen molar-refractivity contribution in [1.29, 1.82) is 5.26 Å². The predicted molar refractivity (Wildman–Crippen MR) is 132 cm³/mol. The van der Waals surface area contributed by atoms with Gasteiger partial charge in [0, 0.05) is 18.3 Å². The summed E-state index contributed by atoms with van der Waals surface area (Å²) in [5, 5.41) is 9.82. The van der Waals surface area contributed by atoms with Crippen molar-refractivity contribution in [2.24, 2.45) is 10.7 Å². The lowest BCUT2D eigenvalue weighted by Gasteiger charge is -2.40. The first-order valence-electron chi connectivity index (χ1n) is 11.2. The quantitative estimate of drug-likeness (QED) is 0.585. The van der Waals surface area contributed by atoms with E-state index in [0.29, 0.717) is 22.2 Å². The Balaban J connectivity index is 1.62. The molecule has 5 rings (SSSR count). The molecule has 1 fully saturated rings. The molecule has 3 aromatic rings. The Morgan fingerprint density at radius 3 is 2.47 bits per heavy atom. The fourth-order valence-corrected chi connectivity index (χ4v) is 4.92. The van der Waals surface area contributed by atoms with E-state index < -0.39 is 11.5 Å². The fourth-order valence-electron chi connectivity index (χ4n) is 4.68. The molecule has 0 saturated heterocycles. The van der Waals surface area contributed by atoms with Crippen molar-refractivity contribution in [2.45, 2.75) is 37.1 Å². The van der Waals surface area contributed by atoms with Crippen LogP contribution in [0.2, 0.25) is 5.02 Å². The summed E-state index contributed by atoms with van der Waals surface area (Å²) in [6.45, 7) is 1.90. The molecular formula is C27H24ClN5O. The maximum Gasteiger partial charge on any atom is 0.239 e. The highest BCUT2D eigenvalue weighted by molar-refractivity contribution is 6.31. The zero-order valence-electron chi connectivity index (χ0n) is 19.0. The van der Waals surface area contributed by atoms with E-state index in [0.717, 1.165) is 16.7 Å². The number of carbonyl (C=O) groups excluding carboxylic acids is 1. The van der Waals surface area contributed by atoms with Gasteiger partial charge in [-0.25, -0.2) is 4.99 Å². The number of halogens is 1. The van der Waals surface area contributed by atoms with E-state index in [4.69, 9.17) is 22.3 Å². The van der Waals surface area contributed by atoms with Crippen LogP contribution in [0.15, 0.2) is 65.8 Å². The number of hydrogen-bond acceptors (Lipinski definition) is 5. The number of guanidine groups is 1. The second-order valence-corrected chi connectivity index (χ2v) is 9.60. The Labute approximate surface area is 203 Å². The van der Waals surface area contributed by atoms with Gasteiger partial charge in [-0.05, 0) is 78.3 Å². The third-order valence-electron chi connectivity index (χ3n) is 6.79. The van der Waals surface area contributed by atoms with E-state index in [-0.39, 0.29) is 11.9 Å². The van der Waals surface area contributed by atoms with Gasteiger partial charge in [0.25, 0.3) is 0 Å². The first-order valence-corrected chi connectivity index (χ1v) is 11.6. The Morgan fingerprint density at radius 1 is 1.09 bits per heavy atom. The van der Waals surface area contributed by atoms with Crippen LogP contribution in [-0.2, 0) is 10.3 Å². The number of carbonyl (C=O) groups is 1. The molecule has 0 radical (unpaired) electrons. The largest absolute Gasteiger partial charge is 0.369 e. The zero-order valence-corrected chi connectivity index (χ0v) is 19.8. The molecule has 1 aliphatic carbocycles. The zero-order chi connectivity index (χ0) is 24.0. The number of aliphatic imine (C=N–C) groups is 1. The Kier molecular flexibility index (Phi) is 5.38. The van der Waals surface area contributed by atoms with Crippen LogP contribution in [0, 0.1) is 11.3 Å². The van der Waals surface area contributed by atoms with Crippen LogP contribution in [0.5, 0.6) is 0 Å². The molecular weight excluding hydrogens is 446 g/mol. The average molecular weight is 470 g/mol. The molecule has 2 aromatic carbocycles. The van der Waals surface area contributed by atoms with E-state index >= 15 is 0 Å². The van der Waals surface area contributed by atoms with Crippen molar-refractivity contribution < 1.29 is 4.79 Å². The molecule has 1 aromatic heterocycles. The van der Waals surface area contributed by atoms with Gasteiger partial charge >= 0.3 is 0 Å². The van der Waals surface area contributed by atoms with Crippen molar-refractivity contribution in [2.75, 3.05) is 7.05 Å².